The molecule has 8 aromatic carbocycles. The molecular formula is C52H36N4. The Morgan fingerprint density at radius 3 is 1.45 bits per heavy atom. The van der Waals surface area contributed by atoms with E-state index >= 15 is 0 Å². The third-order valence-corrected chi connectivity index (χ3v) is 10.5. The van der Waals surface area contributed by atoms with E-state index in [1.807, 2.05) is 18.2 Å². The molecule has 2 aromatic heterocycles. The van der Waals surface area contributed by atoms with Crippen molar-refractivity contribution in [2.45, 2.75) is 6.92 Å². The average molecular weight is 717 g/mol. The highest BCUT2D eigenvalue weighted by molar-refractivity contribution is 6.10. The van der Waals surface area contributed by atoms with Crippen LogP contribution < -0.4 is 0 Å². The molecule has 0 atom stereocenters. The smallest absolute Gasteiger partial charge is 0.164 e. The third kappa shape index (κ3) is 6.23. The summed E-state index contributed by atoms with van der Waals surface area (Å²) >= 11 is 0. The Labute approximate surface area is 326 Å². The minimum Gasteiger partial charge on any atom is -0.309 e. The molecule has 0 aliphatic carbocycles. The van der Waals surface area contributed by atoms with Gasteiger partial charge in [0.05, 0.1) is 11.0 Å². The molecule has 56 heavy (non-hydrogen) atoms. The summed E-state index contributed by atoms with van der Waals surface area (Å²) in [6.07, 6.45) is 0. The van der Waals surface area contributed by atoms with Gasteiger partial charge in [0.1, 0.15) is 0 Å². The first-order valence-electron chi connectivity index (χ1n) is 18.9. The summed E-state index contributed by atoms with van der Waals surface area (Å²) in [7, 11) is 0. The molecule has 0 saturated carbocycles. The Kier molecular flexibility index (Phi) is 8.34. The van der Waals surface area contributed by atoms with Gasteiger partial charge >= 0.3 is 0 Å². The van der Waals surface area contributed by atoms with Gasteiger partial charge in [0.2, 0.25) is 0 Å². The van der Waals surface area contributed by atoms with E-state index in [0.717, 1.165) is 50.1 Å². The number of para-hydroxylation sites is 1. The lowest BCUT2D eigenvalue weighted by molar-refractivity contribution is 1.07. The number of hydrogen-bond donors (Lipinski definition) is 0. The van der Waals surface area contributed by atoms with Crippen molar-refractivity contribution in [3.63, 3.8) is 0 Å². The lowest BCUT2D eigenvalue weighted by atomic mass is 9.99. The Morgan fingerprint density at radius 2 is 0.750 bits per heavy atom. The van der Waals surface area contributed by atoms with Crippen molar-refractivity contribution in [2.24, 2.45) is 0 Å². The van der Waals surface area contributed by atoms with Crippen LogP contribution in [0.25, 0.3) is 95.0 Å². The zero-order chi connectivity index (χ0) is 37.4. The standard InChI is InChI=1S/C52H36N4/c1-35-25-27-37(28-26-35)40-18-11-21-43(32-40)51-53-50(38-15-6-3-7-16-38)54-52(55-51)44-29-30-47-46-23-8-9-24-48(46)56(49(47)34-44)45-22-12-20-42(33-45)41-19-10-17-39(31-41)36-13-4-2-5-14-36/h2-34H,1H3. The van der Waals surface area contributed by atoms with Crippen molar-refractivity contribution in [3.8, 4) is 73.2 Å². The Hall–Kier alpha value is -7.43. The first kappa shape index (κ1) is 33.2. The molecule has 0 fully saturated rings. The van der Waals surface area contributed by atoms with E-state index < -0.39 is 0 Å². The lowest BCUT2D eigenvalue weighted by Gasteiger charge is -2.12. The van der Waals surface area contributed by atoms with Crippen molar-refractivity contribution >= 4 is 21.8 Å². The van der Waals surface area contributed by atoms with Gasteiger partial charge in [0.15, 0.2) is 17.5 Å². The highest BCUT2D eigenvalue weighted by atomic mass is 15.0. The van der Waals surface area contributed by atoms with Crippen LogP contribution in [0.1, 0.15) is 5.56 Å². The quantitative estimate of drug-likeness (QED) is 0.165. The van der Waals surface area contributed by atoms with E-state index in [1.165, 1.54) is 33.0 Å². The zero-order valence-corrected chi connectivity index (χ0v) is 30.8. The highest BCUT2D eigenvalue weighted by Gasteiger charge is 2.17. The van der Waals surface area contributed by atoms with Crippen LogP contribution in [0.5, 0.6) is 0 Å². The van der Waals surface area contributed by atoms with Crippen molar-refractivity contribution in [3.05, 3.63) is 206 Å². The van der Waals surface area contributed by atoms with Crippen LogP contribution in [0.2, 0.25) is 0 Å². The van der Waals surface area contributed by atoms with Gasteiger partial charge in [-0.05, 0) is 76.7 Å². The summed E-state index contributed by atoms with van der Waals surface area (Å²) in [6.45, 7) is 2.11. The number of benzene rings is 8. The molecule has 0 aliphatic rings. The second kappa shape index (κ2) is 14.1. The second-order valence-corrected chi connectivity index (χ2v) is 14.2. The predicted octanol–water partition coefficient (Wildman–Crippen LogP) is 13.3. The van der Waals surface area contributed by atoms with Gasteiger partial charge in [-0.3, -0.25) is 0 Å². The van der Waals surface area contributed by atoms with Crippen LogP contribution in [0.3, 0.4) is 0 Å². The third-order valence-electron chi connectivity index (χ3n) is 10.5. The van der Waals surface area contributed by atoms with Crippen LogP contribution in [-0.2, 0) is 0 Å². The van der Waals surface area contributed by atoms with Crippen LogP contribution in [0.4, 0.5) is 0 Å². The lowest BCUT2D eigenvalue weighted by Crippen LogP contribution is -2.00. The van der Waals surface area contributed by atoms with E-state index in [0.29, 0.717) is 17.5 Å². The van der Waals surface area contributed by atoms with E-state index in [-0.39, 0.29) is 0 Å². The fraction of sp³-hybridized carbons (Fsp3) is 0.0192. The molecule has 0 N–H and O–H groups in total. The Bertz CT molecular complexity index is 3020. The summed E-state index contributed by atoms with van der Waals surface area (Å²) < 4.78 is 2.37. The maximum Gasteiger partial charge on any atom is 0.164 e. The maximum atomic E-state index is 5.17. The predicted molar refractivity (Wildman–Crippen MR) is 232 cm³/mol. The van der Waals surface area contributed by atoms with E-state index in [2.05, 4.69) is 193 Å². The Balaban J connectivity index is 1.12. The Morgan fingerprint density at radius 1 is 0.304 bits per heavy atom. The molecule has 0 saturated heterocycles. The first-order chi connectivity index (χ1) is 27.6. The molecule has 0 bridgehead atoms. The van der Waals surface area contributed by atoms with Crippen LogP contribution in [0.15, 0.2) is 200 Å². The van der Waals surface area contributed by atoms with Gasteiger partial charge < -0.3 is 4.57 Å². The molecule has 0 unspecified atom stereocenters. The molecular weight excluding hydrogens is 681 g/mol. The van der Waals surface area contributed by atoms with Crippen molar-refractivity contribution < 1.29 is 0 Å². The summed E-state index contributed by atoms with van der Waals surface area (Å²) in [5, 5.41) is 2.36. The van der Waals surface area contributed by atoms with Crippen LogP contribution in [-0.4, -0.2) is 19.5 Å². The monoisotopic (exact) mass is 716 g/mol. The summed E-state index contributed by atoms with van der Waals surface area (Å²) in [5.74, 6) is 1.89. The first-order valence-corrected chi connectivity index (χ1v) is 18.9. The summed E-state index contributed by atoms with van der Waals surface area (Å²) in [4.78, 5) is 15.3. The fourth-order valence-corrected chi connectivity index (χ4v) is 7.66. The fourth-order valence-electron chi connectivity index (χ4n) is 7.66. The number of hydrogen-bond acceptors (Lipinski definition) is 3. The number of aryl methyl sites for hydroxylation is 1. The summed E-state index contributed by atoms with van der Waals surface area (Å²) in [6, 6.07) is 70.6. The van der Waals surface area contributed by atoms with Gasteiger partial charge in [-0.15, -0.1) is 0 Å². The van der Waals surface area contributed by atoms with Crippen molar-refractivity contribution in [1.29, 1.82) is 0 Å². The minimum atomic E-state index is 0.625. The molecule has 4 heteroatoms. The SMILES string of the molecule is Cc1ccc(-c2cccc(-c3nc(-c4ccccc4)nc(-c4ccc5c6ccccc6n(-c6cccc(-c7cccc(-c8ccccc8)c7)c6)c5c4)n3)c2)cc1. The second-order valence-electron chi connectivity index (χ2n) is 14.2. The zero-order valence-electron chi connectivity index (χ0n) is 30.8. The molecule has 0 amide bonds. The van der Waals surface area contributed by atoms with E-state index in [4.69, 9.17) is 15.0 Å². The molecule has 0 spiro atoms. The number of rotatable bonds is 7. The van der Waals surface area contributed by atoms with Crippen molar-refractivity contribution in [2.75, 3.05) is 0 Å². The minimum absolute atomic E-state index is 0.625. The molecule has 2 heterocycles. The molecule has 4 nitrogen and oxygen atoms in total. The maximum absolute atomic E-state index is 5.17. The van der Waals surface area contributed by atoms with Gasteiger partial charge in [-0.1, -0.05) is 169 Å². The molecule has 10 rings (SSSR count). The van der Waals surface area contributed by atoms with Gasteiger partial charge in [0, 0.05) is 33.2 Å². The van der Waals surface area contributed by atoms with Crippen LogP contribution >= 0.6 is 0 Å². The topological polar surface area (TPSA) is 43.6 Å². The number of nitrogens with zero attached hydrogens (tertiary/aromatic N) is 4. The highest BCUT2D eigenvalue weighted by Crippen LogP contribution is 2.37. The van der Waals surface area contributed by atoms with Crippen LogP contribution in [0, 0.1) is 6.92 Å². The molecule has 10 aromatic rings. The van der Waals surface area contributed by atoms with Gasteiger partial charge in [-0.25, -0.2) is 15.0 Å². The van der Waals surface area contributed by atoms with Crippen molar-refractivity contribution in [1.82, 2.24) is 19.5 Å². The summed E-state index contributed by atoms with van der Waals surface area (Å²) in [5.41, 5.74) is 14.4. The molecule has 0 aliphatic heterocycles. The average Bonchev–Trinajstić information content (AvgIpc) is 3.61. The molecule has 264 valence electrons. The van der Waals surface area contributed by atoms with Gasteiger partial charge in [-0.2, -0.15) is 0 Å². The van der Waals surface area contributed by atoms with E-state index in [9.17, 15) is 0 Å². The normalized spacial score (nSPS) is 11.3. The van der Waals surface area contributed by atoms with Gasteiger partial charge in [0.25, 0.3) is 0 Å². The molecule has 0 radical (unpaired) electrons. The van der Waals surface area contributed by atoms with E-state index in [1.54, 1.807) is 0 Å². The number of aromatic nitrogens is 4. The number of fused-ring (bicyclic) bond motifs is 3. The largest absolute Gasteiger partial charge is 0.309 e.